The Hall–Kier alpha value is -2.46. The van der Waals surface area contributed by atoms with Gasteiger partial charge < -0.3 is 4.90 Å². The number of rotatable bonds is 4. The van der Waals surface area contributed by atoms with E-state index in [-0.39, 0.29) is 18.0 Å². The molecular formula is C16H21N3O6S. The van der Waals surface area contributed by atoms with E-state index in [9.17, 15) is 22.8 Å². The van der Waals surface area contributed by atoms with Crippen molar-refractivity contribution in [3.05, 3.63) is 29.8 Å². The lowest BCUT2D eigenvalue weighted by molar-refractivity contribution is -0.147. The first-order valence-electron chi connectivity index (χ1n) is 7.83. The minimum atomic E-state index is -4.37. The van der Waals surface area contributed by atoms with E-state index in [4.69, 9.17) is 4.55 Å². The molecule has 1 aromatic rings. The van der Waals surface area contributed by atoms with Gasteiger partial charge >= 0.3 is 10.3 Å². The average Bonchev–Trinajstić information content (AvgIpc) is 2.65. The molecule has 0 bridgehead atoms. The molecule has 1 saturated heterocycles. The summed E-state index contributed by atoms with van der Waals surface area (Å²) in [6.07, 6.45) is 0.164. The Bertz CT molecular complexity index is 847. The van der Waals surface area contributed by atoms with E-state index in [1.54, 1.807) is 26.0 Å². The highest BCUT2D eigenvalue weighted by Crippen LogP contribution is 2.33. The Labute approximate surface area is 151 Å². The number of imide groups is 1. The zero-order chi connectivity index (χ0) is 19.9. The van der Waals surface area contributed by atoms with E-state index in [1.165, 1.54) is 30.9 Å². The molecular weight excluding hydrogens is 362 g/mol. The van der Waals surface area contributed by atoms with Crippen LogP contribution in [0.5, 0.6) is 0 Å². The second kappa shape index (κ2) is 6.69. The summed E-state index contributed by atoms with van der Waals surface area (Å²) >= 11 is 0. The number of amides is 3. The Morgan fingerprint density at radius 3 is 2.12 bits per heavy atom. The SMILES string of the molecule is CC(=O)N1C(=O)[C@H](Cc2ccc(NS(=O)(=O)O)cc2)N(C(C)=O)C1(C)C. The van der Waals surface area contributed by atoms with E-state index in [0.29, 0.717) is 5.56 Å². The zero-order valence-electron chi connectivity index (χ0n) is 14.9. The number of anilines is 1. The molecule has 0 aliphatic carbocycles. The maximum absolute atomic E-state index is 12.7. The van der Waals surface area contributed by atoms with Crippen LogP contribution < -0.4 is 4.72 Å². The summed E-state index contributed by atoms with van der Waals surface area (Å²) in [6.45, 7) is 5.88. The van der Waals surface area contributed by atoms with Gasteiger partial charge in [-0.15, -0.1) is 0 Å². The van der Waals surface area contributed by atoms with Crippen molar-refractivity contribution in [1.82, 2.24) is 9.80 Å². The summed E-state index contributed by atoms with van der Waals surface area (Å²) < 4.78 is 32.3. The number of benzene rings is 1. The molecule has 2 rings (SSSR count). The van der Waals surface area contributed by atoms with Gasteiger partial charge in [-0.3, -0.25) is 28.6 Å². The Kier molecular flexibility index (Phi) is 5.11. The van der Waals surface area contributed by atoms with Crippen molar-refractivity contribution in [2.45, 2.75) is 45.8 Å². The highest BCUT2D eigenvalue weighted by atomic mass is 32.2. The fourth-order valence-electron chi connectivity index (χ4n) is 3.42. The molecule has 10 heteroatoms. The number of carbonyl (C=O) groups excluding carboxylic acids is 3. The molecule has 0 saturated carbocycles. The van der Waals surface area contributed by atoms with Crippen LogP contribution in [0.15, 0.2) is 24.3 Å². The topological polar surface area (TPSA) is 124 Å². The number of hydrogen-bond acceptors (Lipinski definition) is 5. The Balaban J connectivity index is 2.30. The fraction of sp³-hybridized carbons (Fsp3) is 0.438. The average molecular weight is 383 g/mol. The van der Waals surface area contributed by atoms with Crippen LogP contribution in [0.1, 0.15) is 33.3 Å². The molecule has 3 amide bonds. The van der Waals surface area contributed by atoms with Crippen LogP contribution >= 0.6 is 0 Å². The van der Waals surface area contributed by atoms with Crippen molar-refractivity contribution in [1.29, 1.82) is 0 Å². The molecule has 9 nitrogen and oxygen atoms in total. The van der Waals surface area contributed by atoms with E-state index < -0.39 is 33.8 Å². The van der Waals surface area contributed by atoms with Crippen LogP contribution in [0, 0.1) is 0 Å². The van der Waals surface area contributed by atoms with Gasteiger partial charge in [0, 0.05) is 20.3 Å². The monoisotopic (exact) mass is 383 g/mol. The predicted octanol–water partition coefficient (Wildman–Crippen LogP) is 0.786. The largest absolute Gasteiger partial charge is 0.357 e. The first-order chi connectivity index (χ1) is 11.8. The molecule has 0 unspecified atom stereocenters. The van der Waals surface area contributed by atoms with E-state index in [0.717, 1.165) is 4.90 Å². The van der Waals surface area contributed by atoms with Gasteiger partial charge in [0.1, 0.15) is 11.7 Å². The van der Waals surface area contributed by atoms with Gasteiger partial charge in [0.05, 0.1) is 5.69 Å². The number of hydrogen-bond donors (Lipinski definition) is 2. The summed E-state index contributed by atoms with van der Waals surface area (Å²) in [6, 6.07) is 5.15. The van der Waals surface area contributed by atoms with E-state index in [2.05, 4.69) is 0 Å². The maximum Gasteiger partial charge on any atom is 0.357 e. The van der Waals surface area contributed by atoms with Crippen LogP contribution in [0.3, 0.4) is 0 Å². The Morgan fingerprint density at radius 2 is 1.69 bits per heavy atom. The van der Waals surface area contributed by atoms with Gasteiger partial charge in [-0.25, -0.2) is 0 Å². The maximum atomic E-state index is 12.7. The van der Waals surface area contributed by atoms with Gasteiger partial charge in [-0.1, -0.05) is 12.1 Å². The third kappa shape index (κ3) is 3.86. The van der Waals surface area contributed by atoms with Crippen LogP contribution in [0.4, 0.5) is 5.69 Å². The van der Waals surface area contributed by atoms with Crippen LogP contribution in [0.2, 0.25) is 0 Å². The molecule has 1 aromatic carbocycles. The normalized spacial score (nSPS) is 19.6. The fourth-order valence-corrected chi connectivity index (χ4v) is 3.86. The zero-order valence-corrected chi connectivity index (χ0v) is 15.7. The molecule has 0 spiro atoms. The molecule has 1 atom stereocenters. The summed E-state index contributed by atoms with van der Waals surface area (Å²) in [4.78, 5) is 39.2. The highest BCUT2D eigenvalue weighted by Gasteiger charge is 2.54. The van der Waals surface area contributed by atoms with Gasteiger partial charge in [0.15, 0.2) is 0 Å². The van der Waals surface area contributed by atoms with Crippen molar-refractivity contribution in [2.24, 2.45) is 0 Å². The van der Waals surface area contributed by atoms with Gasteiger partial charge in [-0.05, 0) is 31.5 Å². The first-order valence-corrected chi connectivity index (χ1v) is 9.27. The van der Waals surface area contributed by atoms with Gasteiger partial charge in [0.25, 0.3) is 5.91 Å². The summed E-state index contributed by atoms with van der Waals surface area (Å²) in [5.74, 6) is -1.24. The minimum absolute atomic E-state index is 0.156. The van der Waals surface area contributed by atoms with Crippen LogP contribution in [-0.2, 0) is 31.1 Å². The lowest BCUT2D eigenvalue weighted by atomic mass is 10.0. The van der Waals surface area contributed by atoms with E-state index >= 15 is 0 Å². The summed E-state index contributed by atoms with van der Waals surface area (Å²) in [7, 11) is -4.37. The molecule has 1 aliphatic rings. The second-order valence-corrected chi connectivity index (χ2v) is 7.72. The molecule has 1 fully saturated rings. The minimum Gasteiger partial charge on any atom is -0.307 e. The molecule has 0 aromatic heterocycles. The van der Waals surface area contributed by atoms with Crippen molar-refractivity contribution < 1.29 is 27.4 Å². The van der Waals surface area contributed by atoms with E-state index in [1.807, 2.05) is 4.72 Å². The van der Waals surface area contributed by atoms with Gasteiger partial charge in [0.2, 0.25) is 11.8 Å². The van der Waals surface area contributed by atoms with Crippen molar-refractivity contribution >= 4 is 33.7 Å². The molecule has 2 N–H and O–H groups in total. The molecule has 26 heavy (non-hydrogen) atoms. The van der Waals surface area contributed by atoms with Crippen molar-refractivity contribution in [3.8, 4) is 0 Å². The molecule has 1 aliphatic heterocycles. The molecule has 1 heterocycles. The highest BCUT2D eigenvalue weighted by molar-refractivity contribution is 7.87. The number of nitrogens with zero attached hydrogens (tertiary/aromatic N) is 2. The van der Waals surface area contributed by atoms with Gasteiger partial charge in [-0.2, -0.15) is 8.42 Å². The quantitative estimate of drug-likeness (QED) is 0.741. The van der Waals surface area contributed by atoms with Crippen molar-refractivity contribution in [2.75, 3.05) is 4.72 Å². The second-order valence-electron chi connectivity index (χ2n) is 6.57. The number of carbonyl (C=O) groups is 3. The summed E-state index contributed by atoms with van der Waals surface area (Å²) in [5, 5.41) is 0. The van der Waals surface area contributed by atoms with Crippen LogP contribution in [0.25, 0.3) is 0 Å². The lowest BCUT2D eigenvalue weighted by Crippen LogP contribution is -2.53. The van der Waals surface area contributed by atoms with Crippen molar-refractivity contribution in [3.63, 3.8) is 0 Å². The standard InChI is InChI=1S/C16H21N3O6S/c1-10(20)18-14(15(22)19(11(2)21)16(18,3)4)9-12-5-7-13(8-6-12)17-26(23,24)25/h5-8,14,17H,9H2,1-4H3,(H,23,24,25)/t14-/m0/s1. The smallest absolute Gasteiger partial charge is 0.307 e. The lowest BCUT2D eigenvalue weighted by Gasteiger charge is -2.36. The molecule has 0 radical (unpaired) electrons. The first kappa shape index (κ1) is 19.9. The predicted molar refractivity (Wildman–Crippen MR) is 93.2 cm³/mol. The summed E-state index contributed by atoms with van der Waals surface area (Å²) in [5.41, 5.74) is -0.258. The molecule has 142 valence electrons. The van der Waals surface area contributed by atoms with Crippen LogP contribution in [-0.4, -0.2) is 52.2 Å². The third-order valence-corrected chi connectivity index (χ3v) is 4.73. The number of nitrogens with one attached hydrogen (secondary N) is 1. The third-order valence-electron chi connectivity index (χ3n) is 4.24. The Morgan fingerprint density at radius 1 is 1.15 bits per heavy atom.